The highest BCUT2D eigenvalue weighted by Gasteiger charge is 2.30. The Balaban J connectivity index is 2.61. The summed E-state index contributed by atoms with van der Waals surface area (Å²) in [6.07, 6.45) is 0.837. The highest BCUT2D eigenvalue weighted by atomic mass is 32.2. The Bertz CT molecular complexity index is 320. The van der Waals surface area contributed by atoms with Crippen LogP contribution in [0.5, 0.6) is 0 Å². The van der Waals surface area contributed by atoms with E-state index < -0.39 is 27.3 Å². The van der Waals surface area contributed by atoms with Gasteiger partial charge >= 0.3 is 5.97 Å². The predicted molar refractivity (Wildman–Crippen MR) is 53.0 cm³/mol. The Labute approximate surface area is 88.7 Å². The lowest BCUT2D eigenvalue weighted by atomic mass is 10.2. The number of sulfonamides is 1. The number of hydrogen-bond acceptors (Lipinski definition) is 4. The van der Waals surface area contributed by atoms with Crippen molar-refractivity contribution in [3.8, 4) is 0 Å². The molecule has 88 valence electrons. The monoisotopic (exact) mass is 237 g/mol. The summed E-state index contributed by atoms with van der Waals surface area (Å²) in [7, 11) is -3.54. The quantitative estimate of drug-likeness (QED) is 0.691. The van der Waals surface area contributed by atoms with E-state index in [-0.39, 0.29) is 0 Å². The largest absolute Gasteiger partial charge is 0.480 e. The van der Waals surface area contributed by atoms with Gasteiger partial charge in [-0.2, -0.15) is 0 Å². The summed E-state index contributed by atoms with van der Waals surface area (Å²) in [6.45, 7) is 2.12. The first-order valence-corrected chi connectivity index (χ1v) is 6.30. The molecule has 2 N–H and O–H groups in total. The zero-order valence-electron chi connectivity index (χ0n) is 8.47. The van der Waals surface area contributed by atoms with Crippen molar-refractivity contribution in [2.75, 3.05) is 13.2 Å². The molecule has 1 aliphatic heterocycles. The number of hydrogen-bond donors (Lipinski definition) is 2. The average molecular weight is 237 g/mol. The fraction of sp³-hybridized carbons (Fsp3) is 0.875. The Morgan fingerprint density at radius 3 is 2.47 bits per heavy atom. The molecule has 7 heteroatoms. The van der Waals surface area contributed by atoms with Crippen LogP contribution in [0.2, 0.25) is 0 Å². The number of carboxylic acid groups (broad SMARTS) is 1. The Kier molecular flexibility index (Phi) is 4.06. The second-order valence-corrected chi connectivity index (χ2v) is 5.53. The van der Waals surface area contributed by atoms with Gasteiger partial charge in [0, 0.05) is 13.2 Å². The van der Waals surface area contributed by atoms with Crippen molar-refractivity contribution in [3.05, 3.63) is 0 Å². The van der Waals surface area contributed by atoms with E-state index in [4.69, 9.17) is 9.84 Å². The van der Waals surface area contributed by atoms with Gasteiger partial charge in [-0.25, -0.2) is 13.1 Å². The third-order valence-electron chi connectivity index (χ3n) is 2.32. The molecule has 0 aromatic heterocycles. The molecule has 1 rings (SSSR count). The summed E-state index contributed by atoms with van der Waals surface area (Å²) >= 11 is 0. The topological polar surface area (TPSA) is 92.7 Å². The van der Waals surface area contributed by atoms with E-state index in [1.54, 1.807) is 0 Å². The van der Waals surface area contributed by atoms with Gasteiger partial charge in [0.2, 0.25) is 10.0 Å². The van der Waals surface area contributed by atoms with Crippen molar-refractivity contribution in [3.63, 3.8) is 0 Å². The standard InChI is InChI=1S/C8H15NO5S/c1-6(8(10)11)9-15(12,13)7-2-4-14-5-3-7/h6-7,9H,2-5H2,1H3,(H,10,11)/t6-/m0/s1. The number of carbonyl (C=O) groups is 1. The molecule has 0 aromatic carbocycles. The molecule has 1 aliphatic rings. The first-order chi connectivity index (χ1) is 6.93. The van der Waals surface area contributed by atoms with Crippen molar-refractivity contribution >= 4 is 16.0 Å². The van der Waals surface area contributed by atoms with Gasteiger partial charge in [0.25, 0.3) is 0 Å². The minimum absolute atomic E-state index is 0.410. The van der Waals surface area contributed by atoms with Gasteiger partial charge in [0.15, 0.2) is 0 Å². The molecule has 0 aliphatic carbocycles. The third kappa shape index (κ3) is 3.44. The Morgan fingerprint density at radius 2 is 2.00 bits per heavy atom. The van der Waals surface area contributed by atoms with Crippen LogP contribution in [0.1, 0.15) is 19.8 Å². The van der Waals surface area contributed by atoms with Crippen molar-refractivity contribution < 1.29 is 23.1 Å². The van der Waals surface area contributed by atoms with Crippen LogP contribution in [-0.4, -0.2) is 44.0 Å². The van der Waals surface area contributed by atoms with Crippen LogP contribution in [-0.2, 0) is 19.6 Å². The number of ether oxygens (including phenoxy) is 1. The van der Waals surface area contributed by atoms with E-state index in [1.165, 1.54) is 6.92 Å². The maximum absolute atomic E-state index is 11.7. The first-order valence-electron chi connectivity index (χ1n) is 4.75. The van der Waals surface area contributed by atoms with Gasteiger partial charge in [-0.15, -0.1) is 0 Å². The summed E-state index contributed by atoms with van der Waals surface area (Å²) in [5, 5.41) is 8.06. The second kappa shape index (κ2) is 4.91. The fourth-order valence-electron chi connectivity index (χ4n) is 1.38. The normalized spacial score (nSPS) is 21.1. The van der Waals surface area contributed by atoms with Gasteiger partial charge in [0.1, 0.15) is 6.04 Å². The molecule has 0 bridgehead atoms. The number of carboxylic acids is 1. The minimum Gasteiger partial charge on any atom is -0.480 e. The van der Waals surface area contributed by atoms with Crippen LogP contribution in [0.25, 0.3) is 0 Å². The summed E-state index contributed by atoms with van der Waals surface area (Å²) < 4.78 is 30.5. The van der Waals surface area contributed by atoms with Crippen LogP contribution in [0.3, 0.4) is 0 Å². The highest BCUT2D eigenvalue weighted by molar-refractivity contribution is 7.90. The number of nitrogens with one attached hydrogen (secondary N) is 1. The molecule has 0 aromatic rings. The molecule has 0 unspecified atom stereocenters. The van der Waals surface area contributed by atoms with E-state index in [0.717, 1.165) is 0 Å². The zero-order valence-corrected chi connectivity index (χ0v) is 9.29. The zero-order chi connectivity index (χ0) is 11.5. The maximum Gasteiger partial charge on any atom is 0.321 e. The SMILES string of the molecule is C[C@H](NS(=O)(=O)C1CCOCC1)C(=O)O. The van der Waals surface area contributed by atoms with Crippen molar-refractivity contribution in [2.45, 2.75) is 31.1 Å². The molecule has 0 amide bonds. The lowest BCUT2D eigenvalue weighted by molar-refractivity contribution is -0.138. The second-order valence-electron chi connectivity index (χ2n) is 3.53. The van der Waals surface area contributed by atoms with Gasteiger partial charge < -0.3 is 9.84 Å². The van der Waals surface area contributed by atoms with Gasteiger partial charge in [-0.1, -0.05) is 0 Å². The molecule has 1 heterocycles. The van der Waals surface area contributed by atoms with E-state index in [9.17, 15) is 13.2 Å². The lowest BCUT2D eigenvalue weighted by Gasteiger charge is -2.23. The highest BCUT2D eigenvalue weighted by Crippen LogP contribution is 2.14. The van der Waals surface area contributed by atoms with Gasteiger partial charge in [-0.05, 0) is 19.8 Å². The summed E-state index contributed by atoms with van der Waals surface area (Å²) in [5.41, 5.74) is 0. The van der Waals surface area contributed by atoms with Crippen LogP contribution in [0.4, 0.5) is 0 Å². The predicted octanol–water partition coefficient (Wildman–Crippen LogP) is -0.442. The summed E-state index contributed by atoms with van der Waals surface area (Å²) in [6, 6.07) is -1.09. The third-order valence-corrected chi connectivity index (χ3v) is 4.35. The van der Waals surface area contributed by atoms with Gasteiger partial charge in [0.05, 0.1) is 5.25 Å². The Morgan fingerprint density at radius 1 is 1.47 bits per heavy atom. The van der Waals surface area contributed by atoms with Crippen LogP contribution in [0, 0.1) is 0 Å². The van der Waals surface area contributed by atoms with E-state index in [1.807, 2.05) is 0 Å². The van der Waals surface area contributed by atoms with E-state index >= 15 is 0 Å². The van der Waals surface area contributed by atoms with E-state index in [0.29, 0.717) is 26.1 Å². The molecule has 15 heavy (non-hydrogen) atoms. The molecule has 1 fully saturated rings. The van der Waals surface area contributed by atoms with Crippen LogP contribution < -0.4 is 4.72 Å². The minimum atomic E-state index is -3.54. The van der Waals surface area contributed by atoms with Crippen molar-refractivity contribution in [1.82, 2.24) is 4.72 Å². The van der Waals surface area contributed by atoms with Crippen LogP contribution in [0.15, 0.2) is 0 Å². The molecule has 0 radical (unpaired) electrons. The molecule has 1 saturated heterocycles. The number of rotatable bonds is 4. The molecular formula is C8H15NO5S. The molecule has 6 nitrogen and oxygen atoms in total. The summed E-state index contributed by atoms with van der Waals surface area (Å²) in [5.74, 6) is -1.18. The molecule has 1 atom stereocenters. The van der Waals surface area contributed by atoms with Crippen LogP contribution >= 0.6 is 0 Å². The average Bonchev–Trinajstić information content (AvgIpc) is 2.18. The lowest BCUT2D eigenvalue weighted by Crippen LogP contribution is -2.45. The van der Waals surface area contributed by atoms with Crippen molar-refractivity contribution in [2.24, 2.45) is 0 Å². The Hall–Kier alpha value is -0.660. The maximum atomic E-state index is 11.7. The molecule has 0 saturated carbocycles. The first kappa shape index (κ1) is 12.4. The molecule has 0 spiro atoms. The summed E-state index contributed by atoms with van der Waals surface area (Å²) in [4.78, 5) is 10.5. The van der Waals surface area contributed by atoms with Gasteiger partial charge in [-0.3, -0.25) is 4.79 Å². The van der Waals surface area contributed by atoms with E-state index in [2.05, 4.69) is 4.72 Å². The smallest absolute Gasteiger partial charge is 0.321 e. The molecular weight excluding hydrogens is 222 g/mol. The van der Waals surface area contributed by atoms with Crippen molar-refractivity contribution in [1.29, 1.82) is 0 Å². The fourth-order valence-corrected chi connectivity index (χ4v) is 2.98. The number of aliphatic carboxylic acids is 1.